The first-order valence-electron chi connectivity index (χ1n) is 5.51. The quantitative estimate of drug-likeness (QED) is 0.847. The van der Waals surface area contributed by atoms with Crippen LogP contribution in [-0.4, -0.2) is 33.4 Å². The number of nitrogens with zero attached hydrogens (tertiary/aromatic N) is 2. The van der Waals surface area contributed by atoms with Gasteiger partial charge in [-0.3, -0.25) is 9.78 Å². The van der Waals surface area contributed by atoms with Crippen LogP contribution in [0.1, 0.15) is 25.3 Å². The van der Waals surface area contributed by atoms with E-state index in [-0.39, 0.29) is 5.91 Å². The highest BCUT2D eigenvalue weighted by Gasteiger charge is 2.45. The number of amides is 1. The molecule has 1 atom stereocenters. The lowest BCUT2D eigenvalue weighted by molar-refractivity contribution is -0.156. The molecule has 1 amide bonds. The normalized spacial score (nSPS) is 19.1. The predicted octanol–water partition coefficient (Wildman–Crippen LogP) is 1.00. The number of aromatic nitrogens is 1. The molecule has 2 rings (SSSR count). The van der Waals surface area contributed by atoms with Crippen LogP contribution in [0, 0.1) is 0 Å². The number of carboxylic acids is 1. The highest BCUT2D eigenvalue weighted by Crippen LogP contribution is 2.32. The first kappa shape index (κ1) is 11.6. The standard InChI is InChI=1S/C12H14N2O3/c1-12(11(16)17,9-4-2-6-13-8-9)14-7-3-5-10(14)15/h2,4,6,8H,3,5,7H2,1H3,(H,16,17). The zero-order valence-corrected chi connectivity index (χ0v) is 9.59. The number of carbonyl (C=O) groups excluding carboxylic acids is 1. The van der Waals surface area contributed by atoms with Gasteiger partial charge in [0.25, 0.3) is 0 Å². The third kappa shape index (κ3) is 1.77. The predicted molar refractivity (Wildman–Crippen MR) is 60.2 cm³/mol. The van der Waals surface area contributed by atoms with Crippen LogP contribution in [0.3, 0.4) is 0 Å². The minimum absolute atomic E-state index is 0.112. The lowest BCUT2D eigenvalue weighted by atomic mass is 9.91. The average molecular weight is 234 g/mol. The van der Waals surface area contributed by atoms with Crippen LogP contribution in [-0.2, 0) is 15.1 Å². The highest BCUT2D eigenvalue weighted by molar-refractivity contribution is 5.88. The summed E-state index contributed by atoms with van der Waals surface area (Å²) in [5.74, 6) is -1.14. The van der Waals surface area contributed by atoms with Gasteiger partial charge in [0.15, 0.2) is 5.54 Å². The molecule has 5 nitrogen and oxygen atoms in total. The van der Waals surface area contributed by atoms with Gasteiger partial charge in [-0.15, -0.1) is 0 Å². The lowest BCUT2D eigenvalue weighted by Crippen LogP contribution is -2.50. The fraction of sp³-hybridized carbons (Fsp3) is 0.417. The maximum Gasteiger partial charge on any atom is 0.334 e. The summed E-state index contributed by atoms with van der Waals surface area (Å²) in [6.07, 6.45) is 4.21. The van der Waals surface area contributed by atoms with Gasteiger partial charge >= 0.3 is 5.97 Å². The lowest BCUT2D eigenvalue weighted by Gasteiger charge is -2.35. The van der Waals surface area contributed by atoms with Gasteiger partial charge in [-0.25, -0.2) is 4.79 Å². The molecule has 1 fully saturated rings. The molecule has 2 heterocycles. The molecule has 0 radical (unpaired) electrons. The Morgan fingerprint density at radius 1 is 1.59 bits per heavy atom. The van der Waals surface area contributed by atoms with E-state index in [4.69, 9.17) is 0 Å². The summed E-state index contributed by atoms with van der Waals surface area (Å²) in [5, 5.41) is 9.44. The van der Waals surface area contributed by atoms with E-state index in [1.54, 1.807) is 25.3 Å². The van der Waals surface area contributed by atoms with E-state index in [0.29, 0.717) is 24.9 Å². The minimum Gasteiger partial charge on any atom is -0.479 e. The summed E-state index contributed by atoms with van der Waals surface area (Å²) in [6.45, 7) is 2.03. The Balaban J connectivity index is 2.46. The maximum atomic E-state index is 11.7. The molecule has 1 aliphatic rings. The monoisotopic (exact) mass is 234 g/mol. The largest absolute Gasteiger partial charge is 0.479 e. The molecule has 1 unspecified atom stereocenters. The van der Waals surface area contributed by atoms with E-state index in [1.807, 2.05) is 0 Å². The summed E-state index contributed by atoms with van der Waals surface area (Å²) in [6, 6.07) is 3.36. The number of likely N-dealkylation sites (tertiary alicyclic amines) is 1. The molecule has 1 aromatic heterocycles. The van der Waals surface area contributed by atoms with E-state index < -0.39 is 11.5 Å². The van der Waals surface area contributed by atoms with Crippen LogP contribution in [0.25, 0.3) is 0 Å². The van der Waals surface area contributed by atoms with Crippen molar-refractivity contribution in [2.75, 3.05) is 6.54 Å². The van der Waals surface area contributed by atoms with Gasteiger partial charge in [0.05, 0.1) is 0 Å². The second kappa shape index (κ2) is 4.16. The van der Waals surface area contributed by atoms with Crippen LogP contribution < -0.4 is 0 Å². The molecule has 1 aromatic rings. The summed E-state index contributed by atoms with van der Waals surface area (Å²) in [5.41, 5.74) is -0.787. The van der Waals surface area contributed by atoms with Gasteiger partial charge < -0.3 is 10.0 Å². The second-order valence-electron chi connectivity index (χ2n) is 4.27. The zero-order valence-electron chi connectivity index (χ0n) is 9.59. The summed E-state index contributed by atoms with van der Waals surface area (Å²) >= 11 is 0. The van der Waals surface area contributed by atoms with Crippen molar-refractivity contribution in [2.24, 2.45) is 0 Å². The van der Waals surface area contributed by atoms with Crippen molar-refractivity contribution >= 4 is 11.9 Å². The molecule has 1 saturated heterocycles. The molecule has 0 bridgehead atoms. The van der Waals surface area contributed by atoms with Gasteiger partial charge in [0.2, 0.25) is 5.91 Å². The van der Waals surface area contributed by atoms with Crippen LogP contribution in [0.2, 0.25) is 0 Å². The summed E-state index contributed by atoms with van der Waals surface area (Å²) in [4.78, 5) is 28.6. The van der Waals surface area contributed by atoms with E-state index in [9.17, 15) is 14.7 Å². The molecule has 1 aliphatic heterocycles. The van der Waals surface area contributed by atoms with E-state index >= 15 is 0 Å². The van der Waals surface area contributed by atoms with Crippen LogP contribution in [0.15, 0.2) is 24.5 Å². The smallest absolute Gasteiger partial charge is 0.334 e. The van der Waals surface area contributed by atoms with Crippen LogP contribution in [0.4, 0.5) is 0 Å². The first-order valence-corrected chi connectivity index (χ1v) is 5.51. The molecular weight excluding hydrogens is 220 g/mol. The average Bonchev–Trinajstić information content (AvgIpc) is 2.76. The highest BCUT2D eigenvalue weighted by atomic mass is 16.4. The van der Waals surface area contributed by atoms with Crippen LogP contribution >= 0.6 is 0 Å². The number of hydrogen-bond donors (Lipinski definition) is 1. The van der Waals surface area contributed by atoms with Crippen molar-refractivity contribution < 1.29 is 14.7 Å². The molecule has 17 heavy (non-hydrogen) atoms. The van der Waals surface area contributed by atoms with Crippen molar-refractivity contribution in [3.63, 3.8) is 0 Å². The second-order valence-corrected chi connectivity index (χ2v) is 4.27. The van der Waals surface area contributed by atoms with Gasteiger partial charge in [-0.05, 0) is 19.4 Å². The number of hydrogen-bond acceptors (Lipinski definition) is 3. The third-order valence-electron chi connectivity index (χ3n) is 3.25. The Kier molecular flexibility index (Phi) is 2.83. The molecule has 0 aliphatic carbocycles. The van der Waals surface area contributed by atoms with E-state index in [2.05, 4.69) is 4.98 Å². The van der Waals surface area contributed by atoms with Crippen molar-refractivity contribution in [2.45, 2.75) is 25.3 Å². The van der Waals surface area contributed by atoms with Gasteiger partial charge in [-0.1, -0.05) is 6.07 Å². The Labute approximate surface area is 99.1 Å². The minimum atomic E-state index is -1.32. The summed E-state index contributed by atoms with van der Waals surface area (Å²) in [7, 11) is 0. The number of aliphatic carboxylic acids is 1. The number of rotatable bonds is 3. The SMILES string of the molecule is CC(C(=O)O)(c1cccnc1)N1CCCC1=O. The van der Waals surface area contributed by atoms with Crippen molar-refractivity contribution in [3.05, 3.63) is 30.1 Å². The molecule has 0 saturated carbocycles. The first-order chi connectivity index (χ1) is 8.06. The Morgan fingerprint density at radius 3 is 2.82 bits per heavy atom. The van der Waals surface area contributed by atoms with Crippen molar-refractivity contribution in [1.82, 2.24) is 9.88 Å². The molecule has 0 spiro atoms. The fourth-order valence-corrected chi connectivity index (χ4v) is 2.17. The maximum absolute atomic E-state index is 11.7. The fourth-order valence-electron chi connectivity index (χ4n) is 2.17. The molecule has 0 aromatic carbocycles. The van der Waals surface area contributed by atoms with Crippen LogP contribution in [0.5, 0.6) is 0 Å². The van der Waals surface area contributed by atoms with Gasteiger partial charge in [-0.2, -0.15) is 0 Å². The Hall–Kier alpha value is -1.91. The van der Waals surface area contributed by atoms with Crippen molar-refractivity contribution in [3.8, 4) is 0 Å². The molecule has 90 valence electrons. The van der Waals surface area contributed by atoms with E-state index in [1.165, 1.54) is 11.1 Å². The Bertz CT molecular complexity index is 446. The van der Waals surface area contributed by atoms with Crippen molar-refractivity contribution in [1.29, 1.82) is 0 Å². The number of pyridine rings is 1. The topological polar surface area (TPSA) is 70.5 Å². The molecule has 1 N–H and O–H groups in total. The van der Waals surface area contributed by atoms with E-state index in [0.717, 1.165) is 0 Å². The van der Waals surface area contributed by atoms with Gasteiger partial charge in [0, 0.05) is 30.9 Å². The number of carboxylic acid groups (broad SMARTS) is 1. The molecular formula is C12H14N2O3. The zero-order chi connectivity index (χ0) is 12.5. The number of carbonyl (C=O) groups is 2. The van der Waals surface area contributed by atoms with Gasteiger partial charge in [0.1, 0.15) is 0 Å². The third-order valence-corrected chi connectivity index (χ3v) is 3.25. The Morgan fingerprint density at radius 2 is 2.35 bits per heavy atom. The summed E-state index contributed by atoms with van der Waals surface area (Å²) < 4.78 is 0. The molecule has 5 heteroatoms.